The molecule has 0 radical (unpaired) electrons. The van der Waals surface area contributed by atoms with Crippen molar-refractivity contribution in [2.75, 3.05) is 26.2 Å². The van der Waals surface area contributed by atoms with E-state index >= 15 is 0 Å². The summed E-state index contributed by atoms with van der Waals surface area (Å²) in [6.07, 6.45) is 0. The molecule has 1 fully saturated rings. The summed E-state index contributed by atoms with van der Waals surface area (Å²) in [7, 11) is -3.47. The second-order valence-corrected chi connectivity index (χ2v) is 7.85. The van der Waals surface area contributed by atoms with E-state index in [0.717, 1.165) is 16.7 Å². The lowest BCUT2D eigenvalue weighted by molar-refractivity contribution is 0.169. The summed E-state index contributed by atoms with van der Waals surface area (Å²) in [6, 6.07) is 5.85. The molecule has 0 spiro atoms. The van der Waals surface area contributed by atoms with Crippen LogP contribution in [0.1, 0.15) is 23.6 Å². The van der Waals surface area contributed by atoms with Gasteiger partial charge in [0, 0.05) is 26.2 Å². The van der Waals surface area contributed by atoms with Crippen LogP contribution < -0.4 is 0 Å². The number of aryl methyl sites for hydroxylation is 3. The fraction of sp³-hybridized carbons (Fsp3) is 0.562. The van der Waals surface area contributed by atoms with Crippen LogP contribution in [0.25, 0.3) is 0 Å². The zero-order valence-electron chi connectivity index (χ0n) is 13.6. The van der Waals surface area contributed by atoms with Gasteiger partial charge in [-0.25, -0.2) is 8.42 Å². The summed E-state index contributed by atoms with van der Waals surface area (Å²) in [4.78, 5) is 2.45. The lowest BCUT2D eigenvalue weighted by atomic mass is 10.1. The van der Waals surface area contributed by atoms with E-state index in [0.29, 0.717) is 31.1 Å². The minimum absolute atomic E-state index is 0.173. The van der Waals surface area contributed by atoms with Crippen LogP contribution in [0.4, 0.5) is 0 Å². The molecule has 120 valence electrons. The molecular weight excluding hydrogens is 298 g/mol. The molecule has 0 unspecified atom stereocenters. The SMILES string of the molecule is Cc1cc(C)c(S(=O)(=O)N2CCN([C@H](C)C#N)CC2)c(C)c1. The average molecular weight is 321 g/mol. The molecule has 0 bridgehead atoms. The van der Waals surface area contributed by atoms with E-state index in [9.17, 15) is 8.42 Å². The van der Waals surface area contributed by atoms with Crippen molar-refractivity contribution < 1.29 is 8.42 Å². The minimum Gasteiger partial charge on any atom is -0.286 e. The van der Waals surface area contributed by atoms with Crippen LogP contribution >= 0.6 is 0 Å². The van der Waals surface area contributed by atoms with Crippen LogP contribution in [0.3, 0.4) is 0 Å². The van der Waals surface area contributed by atoms with E-state index in [1.165, 1.54) is 4.31 Å². The molecule has 5 nitrogen and oxygen atoms in total. The van der Waals surface area contributed by atoms with Gasteiger partial charge in [-0.2, -0.15) is 9.57 Å². The van der Waals surface area contributed by atoms with Gasteiger partial charge in [0.25, 0.3) is 0 Å². The zero-order chi connectivity index (χ0) is 16.5. The van der Waals surface area contributed by atoms with Gasteiger partial charge in [-0.3, -0.25) is 4.90 Å². The fourth-order valence-corrected chi connectivity index (χ4v) is 4.95. The number of benzene rings is 1. The Labute approximate surface area is 133 Å². The summed E-state index contributed by atoms with van der Waals surface area (Å²) in [5, 5.41) is 8.97. The standard InChI is InChI=1S/C16H23N3O2S/c1-12-9-13(2)16(14(3)10-12)22(20,21)19-7-5-18(6-8-19)15(4)11-17/h9-10,15H,5-8H2,1-4H3/t15-/m1/s1. The van der Waals surface area contributed by atoms with Crippen molar-refractivity contribution >= 4 is 10.0 Å². The number of hydrogen-bond donors (Lipinski definition) is 0. The topological polar surface area (TPSA) is 64.4 Å². The highest BCUT2D eigenvalue weighted by atomic mass is 32.2. The van der Waals surface area contributed by atoms with Gasteiger partial charge in [-0.1, -0.05) is 17.7 Å². The van der Waals surface area contributed by atoms with Crippen LogP contribution in [0.2, 0.25) is 0 Å². The first kappa shape index (κ1) is 16.9. The van der Waals surface area contributed by atoms with E-state index in [2.05, 4.69) is 6.07 Å². The van der Waals surface area contributed by atoms with Crippen molar-refractivity contribution in [3.05, 3.63) is 28.8 Å². The summed E-state index contributed by atoms with van der Waals surface area (Å²) in [5.74, 6) is 0. The molecule has 0 aliphatic carbocycles. The summed E-state index contributed by atoms with van der Waals surface area (Å²) < 4.78 is 27.4. The van der Waals surface area contributed by atoms with Crippen molar-refractivity contribution in [3.63, 3.8) is 0 Å². The normalized spacial score (nSPS) is 18.9. The first-order valence-corrected chi connectivity index (χ1v) is 8.93. The maximum atomic E-state index is 12.9. The third-order valence-electron chi connectivity index (χ3n) is 4.21. The van der Waals surface area contributed by atoms with E-state index in [1.807, 2.05) is 44.7 Å². The van der Waals surface area contributed by atoms with Crippen molar-refractivity contribution in [3.8, 4) is 6.07 Å². The molecule has 0 saturated carbocycles. The summed E-state index contributed by atoms with van der Waals surface area (Å²) in [5.41, 5.74) is 2.66. The van der Waals surface area contributed by atoms with Crippen LogP contribution in [-0.4, -0.2) is 49.8 Å². The van der Waals surface area contributed by atoms with Gasteiger partial charge in [0.15, 0.2) is 0 Å². The van der Waals surface area contributed by atoms with E-state index in [1.54, 1.807) is 0 Å². The van der Waals surface area contributed by atoms with Crippen LogP contribution in [0.15, 0.2) is 17.0 Å². The molecular formula is C16H23N3O2S. The van der Waals surface area contributed by atoms with Crippen LogP contribution in [0.5, 0.6) is 0 Å². The second-order valence-electron chi connectivity index (χ2n) is 5.97. The van der Waals surface area contributed by atoms with Crippen molar-refractivity contribution in [1.29, 1.82) is 5.26 Å². The number of rotatable bonds is 3. The molecule has 0 amide bonds. The molecule has 6 heteroatoms. The van der Waals surface area contributed by atoms with E-state index in [-0.39, 0.29) is 6.04 Å². The van der Waals surface area contributed by atoms with E-state index < -0.39 is 10.0 Å². The summed E-state index contributed by atoms with van der Waals surface area (Å²) in [6.45, 7) is 9.57. The van der Waals surface area contributed by atoms with Gasteiger partial charge in [0.2, 0.25) is 10.0 Å². The Morgan fingerprint density at radius 1 is 1.09 bits per heavy atom. The predicted octanol–water partition coefficient (Wildman–Crippen LogP) is 1.83. The Hall–Kier alpha value is -1.42. The maximum Gasteiger partial charge on any atom is 0.243 e. The molecule has 1 atom stereocenters. The highest BCUT2D eigenvalue weighted by Gasteiger charge is 2.31. The minimum atomic E-state index is -3.47. The van der Waals surface area contributed by atoms with Gasteiger partial charge < -0.3 is 0 Å². The molecule has 1 aromatic rings. The highest BCUT2D eigenvalue weighted by Crippen LogP contribution is 2.26. The molecule has 1 saturated heterocycles. The molecule has 2 rings (SSSR count). The number of piperazine rings is 1. The lowest BCUT2D eigenvalue weighted by Gasteiger charge is -2.35. The molecule has 0 aromatic heterocycles. The van der Waals surface area contributed by atoms with Crippen molar-refractivity contribution in [2.45, 2.75) is 38.6 Å². The van der Waals surface area contributed by atoms with Crippen LogP contribution in [-0.2, 0) is 10.0 Å². The Bertz CT molecular complexity index is 676. The molecule has 1 aromatic carbocycles. The third kappa shape index (κ3) is 3.17. The predicted molar refractivity (Wildman–Crippen MR) is 86.1 cm³/mol. The largest absolute Gasteiger partial charge is 0.286 e. The Balaban J connectivity index is 2.25. The Kier molecular flexibility index (Phi) is 4.90. The molecule has 1 aliphatic rings. The zero-order valence-corrected chi connectivity index (χ0v) is 14.4. The molecule has 1 aliphatic heterocycles. The molecule has 22 heavy (non-hydrogen) atoms. The number of nitrogens with zero attached hydrogens (tertiary/aromatic N) is 3. The lowest BCUT2D eigenvalue weighted by Crippen LogP contribution is -2.51. The molecule has 1 heterocycles. The first-order chi connectivity index (χ1) is 10.3. The van der Waals surface area contributed by atoms with Gasteiger partial charge in [-0.15, -0.1) is 0 Å². The second kappa shape index (κ2) is 6.37. The number of nitriles is 1. The fourth-order valence-electron chi connectivity index (χ4n) is 3.12. The third-order valence-corrected chi connectivity index (χ3v) is 6.42. The monoisotopic (exact) mass is 321 g/mol. The van der Waals surface area contributed by atoms with Crippen molar-refractivity contribution in [1.82, 2.24) is 9.21 Å². The first-order valence-electron chi connectivity index (χ1n) is 7.49. The van der Waals surface area contributed by atoms with Crippen molar-refractivity contribution in [2.24, 2.45) is 0 Å². The number of hydrogen-bond acceptors (Lipinski definition) is 4. The Morgan fingerprint density at radius 3 is 2.05 bits per heavy atom. The number of sulfonamides is 1. The van der Waals surface area contributed by atoms with Gasteiger partial charge in [-0.05, 0) is 38.8 Å². The highest BCUT2D eigenvalue weighted by molar-refractivity contribution is 7.89. The van der Waals surface area contributed by atoms with E-state index in [4.69, 9.17) is 5.26 Å². The van der Waals surface area contributed by atoms with Crippen LogP contribution in [0, 0.1) is 32.1 Å². The van der Waals surface area contributed by atoms with Gasteiger partial charge in [0.05, 0.1) is 17.0 Å². The average Bonchev–Trinajstić information content (AvgIpc) is 2.45. The quantitative estimate of drug-likeness (QED) is 0.852. The maximum absolute atomic E-state index is 12.9. The Morgan fingerprint density at radius 2 is 1.59 bits per heavy atom. The molecule has 0 N–H and O–H groups in total. The van der Waals surface area contributed by atoms with Gasteiger partial charge >= 0.3 is 0 Å². The smallest absolute Gasteiger partial charge is 0.243 e. The summed E-state index contributed by atoms with van der Waals surface area (Å²) >= 11 is 0. The van der Waals surface area contributed by atoms with Gasteiger partial charge in [0.1, 0.15) is 0 Å².